The number of nitrogens with one attached hydrogen (secondary N) is 1. The lowest BCUT2D eigenvalue weighted by atomic mass is 9.91. The number of carbonyl (C=O) groups is 1. The Morgan fingerprint density at radius 2 is 2.04 bits per heavy atom. The molecule has 0 spiro atoms. The summed E-state index contributed by atoms with van der Waals surface area (Å²) in [7, 11) is 0. The molecule has 0 saturated carbocycles. The van der Waals surface area contributed by atoms with Crippen molar-refractivity contribution in [1.82, 2.24) is 15.3 Å². The molecule has 2 aliphatic rings. The Morgan fingerprint density at radius 3 is 2.72 bits per heavy atom. The number of aromatic nitrogens is 2. The molecule has 25 heavy (non-hydrogen) atoms. The van der Waals surface area contributed by atoms with Crippen molar-refractivity contribution in [2.24, 2.45) is 11.7 Å². The van der Waals surface area contributed by atoms with E-state index in [4.69, 9.17) is 10.5 Å². The van der Waals surface area contributed by atoms with Gasteiger partial charge in [-0.15, -0.1) is 0 Å². The first-order valence-electron chi connectivity index (χ1n) is 9.37. The number of ether oxygens (including phenoxy) is 1. The highest BCUT2D eigenvalue weighted by Gasteiger charge is 2.29. The Labute approximate surface area is 149 Å². The van der Waals surface area contributed by atoms with Crippen LogP contribution in [0.1, 0.15) is 38.3 Å². The largest absolute Gasteiger partial charge is 0.381 e. The summed E-state index contributed by atoms with van der Waals surface area (Å²) in [5.74, 6) is 1.21. The fraction of sp³-hybridized carbons (Fsp3) is 0.722. The van der Waals surface area contributed by atoms with E-state index in [1.165, 1.54) is 0 Å². The second-order valence-corrected chi connectivity index (χ2v) is 6.97. The number of amides is 1. The maximum Gasteiger partial charge on any atom is 0.237 e. The van der Waals surface area contributed by atoms with Gasteiger partial charge in [0.25, 0.3) is 0 Å². The van der Waals surface area contributed by atoms with Crippen LogP contribution in [0.2, 0.25) is 0 Å². The smallest absolute Gasteiger partial charge is 0.237 e. The minimum atomic E-state index is -0.420. The van der Waals surface area contributed by atoms with Crippen LogP contribution in [0.3, 0.4) is 0 Å². The number of anilines is 1. The summed E-state index contributed by atoms with van der Waals surface area (Å²) in [4.78, 5) is 23.3. The molecule has 3 rings (SSSR count). The highest BCUT2D eigenvalue weighted by atomic mass is 16.5. The van der Waals surface area contributed by atoms with Crippen LogP contribution < -0.4 is 16.0 Å². The van der Waals surface area contributed by atoms with Crippen LogP contribution in [0.25, 0.3) is 0 Å². The molecule has 1 amide bonds. The predicted octanol–water partition coefficient (Wildman–Crippen LogP) is 0.878. The predicted molar refractivity (Wildman–Crippen MR) is 96.3 cm³/mol. The Hall–Kier alpha value is -1.73. The molecule has 7 nitrogen and oxygen atoms in total. The SMILES string of the molecule is CCc1cc(N2CCC(NC(=O)C(N)C3CCOCC3)CC2)ncn1. The highest BCUT2D eigenvalue weighted by Crippen LogP contribution is 2.20. The van der Waals surface area contributed by atoms with Gasteiger partial charge in [0.05, 0.1) is 6.04 Å². The van der Waals surface area contributed by atoms with Crippen LogP contribution >= 0.6 is 0 Å². The summed E-state index contributed by atoms with van der Waals surface area (Å²) in [6.45, 7) is 5.29. The van der Waals surface area contributed by atoms with Crippen molar-refractivity contribution in [1.29, 1.82) is 0 Å². The maximum absolute atomic E-state index is 12.4. The van der Waals surface area contributed by atoms with Crippen molar-refractivity contribution >= 4 is 11.7 Å². The molecule has 1 unspecified atom stereocenters. The van der Waals surface area contributed by atoms with Crippen molar-refractivity contribution < 1.29 is 9.53 Å². The topological polar surface area (TPSA) is 93.4 Å². The van der Waals surface area contributed by atoms with Gasteiger partial charge in [-0.3, -0.25) is 4.79 Å². The number of rotatable bonds is 5. The van der Waals surface area contributed by atoms with Crippen LogP contribution in [-0.4, -0.2) is 54.3 Å². The number of carbonyl (C=O) groups excluding carboxylic acids is 1. The lowest BCUT2D eigenvalue weighted by molar-refractivity contribution is -0.125. The van der Waals surface area contributed by atoms with E-state index in [-0.39, 0.29) is 17.9 Å². The van der Waals surface area contributed by atoms with Gasteiger partial charge in [-0.25, -0.2) is 9.97 Å². The first kappa shape index (κ1) is 18.1. The van der Waals surface area contributed by atoms with Crippen molar-refractivity contribution in [3.8, 4) is 0 Å². The highest BCUT2D eigenvalue weighted by molar-refractivity contribution is 5.82. The van der Waals surface area contributed by atoms with Crippen LogP contribution in [0, 0.1) is 5.92 Å². The van der Waals surface area contributed by atoms with Gasteiger partial charge in [0.15, 0.2) is 0 Å². The van der Waals surface area contributed by atoms with E-state index in [0.29, 0.717) is 13.2 Å². The molecular formula is C18H29N5O2. The molecule has 3 N–H and O–H groups in total. The van der Waals surface area contributed by atoms with E-state index in [1.807, 2.05) is 0 Å². The average molecular weight is 347 g/mol. The maximum atomic E-state index is 12.4. The third kappa shape index (κ3) is 4.67. The van der Waals surface area contributed by atoms with Crippen LogP contribution in [0.4, 0.5) is 5.82 Å². The lowest BCUT2D eigenvalue weighted by Crippen LogP contribution is -2.52. The minimum absolute atomic E-state index is 0.0133. The number of piperidine rings is 1. The van der Waals surface area contributed by atoms with E-state index < -0.39 is 6.04 Å². The molecule has 3 heterocycles. The van der Waals surface area contributed by atoms with Crippen molar-refractivity contribution in [2.75, 3.05) is 31.2 Å². The van der Waals surface area contributed by atoms with Gasteiger partial charge >= 0.3 is 0 Å². The first-order chi connectivity index (χ1) is 12.2. The number of hydrogen-bond donors (Lipinski definition) is 2. The molecule has 138 valence electrons. The Kier molecular flexibility index (Phi) is 6.20. The number of nitrogens with zero attached hydrogens (tertiary/aromatic N) is 3. The van der Waals surface area contributed by atoms with Gasteiger partial charge < -0.3 is 20.7 Å². The zero-order valence-corrected chi connectivity index (χ0v) is 15.0. The standard InChI is InChI=1S/C18H29N5O2/c1-2-14-11-16(21-12-20-14)23-7-3-15(4-8-23)22-18(24)17(19)13-5-9-25-10-6-13/h11-13,15,17H,2-10,19H2,1H3,(H,22,24). The molecule has 0 bridgehead atoms. The fourth-order valence-corrected chi connectivity index (χ4v) is 3.59. The second-order valence-electron chi connectivity index (χ2n) is 6.97. The summed E-state index contributed by atoms with van der Waals surface area (Å²) in [5.41, 5.74) is 7.22. The molecule has 2 aliphatic heterocycles. The van der Waals surface area contributed by atoms with Gasteiger partial charge in [0.2, 0.25) is 5.91 Å². The molecule has 0 aromatic carbocycles. The molecule has 1 aromatic rings. The number of aryl methyl sites for hydroxylation is 1. The zero-order chi connectivity index (χ0) is 17.6. The fourth-order valence-electron chi connectivity index (χ4n) is 3.59. The third-order valence-electron chi connectivity index (χ3n) is 5.31. The van der Waals surface area contributed by atoms with Crippen LogP contribution in [0.5, 0.6) is 0 Å². The molecule has 1 atom stereocenters. The molecule has 1 aromatic heterocycles. The summed E-state index contributed by atoms with van der Waals surface area (Å²) in [6.07, 6.45) is 6.12. The summed E-state index contributed by atoms with van der Waals surface area (Å²) < 4.78 is 5.35. The average Bonchev–Trinajstić information content (AvgIpc) is 2.68. The molecule has 7 heteroatoms. The van der Waals surface area contributed by atoms with Gasteiger partial charge in [-0.1, -0.05) is 6.92 Å². The zero-order valence-electron chi connectivity index (χ0n) is 15.0. The summed E-state index contributed by atoms with van der Waals surface area (Å²) in [5, 5.41) is 3.15. The first-order valence-corrected chi connectivity index (χ1v) is 9.37. The lowest BCUT2D eigenvalue weighted by Gasteiger charge is -2.34. The normalized spacial score (nSPS) is 21.1. The monoisotopic (exact) mass is 347 g/mol. The molecule has 2 saturated heterocycles. The van der Waals surface area contributed by atoms with E-state index in [0.717, 1.165) is 56.7 Å². The van der Waals surface area contributed by atoms with Gasteiger partial charge in [-0.05, 0) is 38.0 Å². The molecule has 2 fully saturated rings. The third-order valence-corrected chi connectivity index (χ3v) is 5.31. The molecule has 0 radical (unpaired) electrons. The second kappa shape index (κ2) is 8.58. The quantitative estimate of drug-likeness (QED) is 0.821. The van der Waals surface area contributed by atoms with Crippen molar-refractivity contribution in [3.63, 3.8) is 0 Å². The van der Waals surface area contributed by atoms with E-state index in [2.05, 4.69) is 33.2 Å². The van der Waals surface area contributed by atoms with E-state index in [9.17, 15) is 4.79 Å². The van der Waals surface area contributed by atoms with E-state index in [1.54, 1.807) is 6.33 Å². The molecular weight excluding hydrogens is 318 g/mol. The van der Waals surface area contributed by atoms with Crippen LogP contribution in [-0.2, 0) is 16.0 Å². The Morgan fingerprint density at radius 1 is 1.32 bits per heavy atom. The Balaban J connectivity index is 1.47. The van der Waals surface area contributed by atoms with Gasteiger partial charge in [0, 0.05) is 44.1 Å². The van der Waals surface area contributed by atoms with Crippen LogP contribution in [0.15, 0.2) is 12.4 Å². The minimum Gasteiger partial charge on any atom is -0.381 e. The summed E-state index contributed by atoms with van der Waals surface area (Å²) in [6, 6.07) is 1.83. The van der Waals surface area contributed by atoms with Gasteiger partial charge in [-0.2, -0.15) is 0 Å². The number of hydrogen-bond acceptors (Lipinski definition) is 6. The molecule has 0 aliphatic carbocycles. The van der Waals surface area contributed by atoms with Crippen molar-refractivity contribution in [2.45, 2.75) is 51.1 Å². The Bertz CT molecular complexity index is 568. The number of nitrogens with two attached hydrogens (primary N) is 1. The van der Waals surface area contributed by atoms with Crippen molar-refractivity contribution in [3.05, 3.63) is 18.1 Å². The van der Waals surface area contributed by atoms with E-state index >= 15 is 0 Å². The van der Waals surface area contributed by atoms with Gasteiger partial charge in [0.1, 0.15) is 12.1 Å². The summed E-state index contributed by atoms with van der Waals surface area (Å²) >= 11 is 0.